The molecule has 0 saturated carbocycles. The van der Waals surface area contributed by atoms with Crippen molar-refractivity contribution in [2.24, 2.45) is 5.73 Å². The van der Waals surface area contributed by atoms with Crippen LogP contribution >= 0.6 is 31.9 Å². The van der Waals surface area contributed by atoms with Crippen molar-refractivity contribution in [2.45, 2.75) is 39.0 Å². The van der Waals surface area contributed by atoms with Crippen LogP contribution in [0, 0.1) is 6.92 Å². The summed E-state index contributed by atoms with van der Waals surface area (Å²) in [6, 6.07) is 3.98. The zero-order valence-electron chi connectivity index (χ0n) is 11.1. The van der Waals surface area contributed by atoms with Crippen LogP contribution in [-0.4, -0.2) is 12.5 Å². The van der Waals surface area contributed by atoms with Gasteiger partial charge < -0.3 is 11.1 Å². The first-order chi connectivity index (χ1) is 9.04. The third kappa shape index (κ3) is 6.06. The molecule has 0 heterocycles. The molecule has 3 N–H and O–H groups in total. The quantitative estimate of drug-likeness (QED) is 0.678. The molecule has 0 aliphatic heterocycles. The average molecular weight is 392 g/mol. The molecule has 5 heteroatoms. The van der Waals surface area contributed by atoms with Crippen LogP contribution in [0.3, 0.4) is 0 Å². The van der Waals surface area contributed by atoms with Crippen molar-refractivity contribution in [1.29, 1.82) is 0 Å². The van der Waals surface area contributed by atoms with Gasteiger partial charge in [0.05, 0.1) is 5.69 Å². The van der Waals surface area contributed by atoms with E-state index in [1.54, 1.807) is 0 Å². The summed E-state index contributed by atoms with van der Waals surface area (Å²) in [5.74, 6) is 0.0537. The van der Waals surface area contributed by atoms with Gasteiger partial charge in [-0.15, -0.1) is 0 Å². The van der Waals surface area contributed by atoms with Gasteiger partial charge in [0, 0.05) is 15.4 Å². The van der Waals surface area contributed by atoms with Crippen LogP contribution < -0.4 is 11.1 Å². The molecule has 0 aromatic heterocycles. The van der Waals surface area contributed by atoms with E-state index in [2.05, 4.69) is 37.2 Å². The van der Waals surface area contributed by atoms with E-state index in [4.69, 9.17) is 5.73 Å². The Morgan fingerprint density at radius 3 is 2.32 bits per heavy atom. The maximum atomic E-state index is 11.9. The molecule has 0 unspecified atom stereocenters. The van der Waals surface area contributed by atoms with Crippen LogP contribution in [0.4, 0.5) is 5.69 Å². The molecular formula is C14H20Br2N2O. The van der Waals surface area contributed by atoms with E-state index >= 15 is 0 Å². The van der Waals surface area contributed by atoms with Crippen molar-refractivity contribution in [3.8, 4) is 0 Å². The SMILES string of the molecule is Cc1cc(Br)c(NC(=O)CCCCCCN)c(Br)c1. The molecule has 3 nitrogen and oxygen atoms in total. The second-order valence-corrected chi connectivity index (χ2v) is 6.31. The maximum absolute atomic E-state index is 11.9. The van der Waals surface area contributed by atoms with Crippen molar-refractivity contribution in [3.05, 3.63) is 26.6 Å². The molecular weight excluding hydrogens is 372 g/mol. The van der Waals surface area contributed by atoms with Gasteiger partial charge in [-0.25, -0.2) is 0 Å². The van der Waals surface area contributed by atoms with Gasteiger partial charge in [-0.05, 0) is 75.9 Å². The highest BCUT2D eigenvalue weighted by Gasteiger charge is 2.09. The predicted octanol–water partition coefficient (Wildman–Crippen LogP) is 4.37. The summed E-state index contributed by atoms with van der Waals surface area (Å²) in [6.45, 7) is 2.74. The lowest BCUT2D eigenvalue weighted by Gasteiger charge is -2.10. The minimum atomic E-state index is 0.0537. The van der Waals surface area contributed by atoms with E-state index in [9.17, 15) is 4.79 Å². The Morgan fingerprint density at radius 2 is 1.74 bits per heavy atom. The molecule has 106 valence electrons. The van der Waals surface area contributed by atoms with E-state index in [1.807, 2.05) is 19.1 Å². The zero-order chi connectivity index (χ0) is 14.3. The lowest BCUT2D eigenvalue weighted by molar-refractivity contribution is -0.116. The summed E-state index contributed by atoms with van der Waals surface area (Å²) in [6.07, 6.45) is 4.66. The summed E-state index contributed by atoms with van der Waals surface area (Å²) in [5, 5.41) is 2.94. The van der Waals surface area contributed by atoms with Crippen LogP contribution in [0.2, 0.25) is 0 Å². The number of aryl methyl sites for hydroxylation is 1. The standard InChI is InChI=1S/C14H20Br2N2O/c1-10-8-11(15)14(12(16)9-10)18-13(19)6-4-2-3-5-7-17/h8-9H,2-7,17H2,1H3,(H,18,19). The van der Waals surface area contributed by atoms with Crippen LogP contribution in [-0.2, 0) is 4.79 Å². The van der Waals surface area contributed by atoms with Crippen molar-refractivity contribution >= 4 is 43.5 Å². The van der Waals surface area contributed by atoms with Gasteiger partial charge in [-0.3, -0.25) is 4.79 Å². The normalized spacial score (nSPS) is 10.5. The summed E-state index contributed by atoms with van der Waals surface area (Å²) in [4.78, 5) is 11.9. The van der Waals surface area contributed by atoms with Crippen LogP contribution in [0.25, 0.3) is 0 Å². The summed E-state index contributed by atoms with van der Waals surface area (Å²) in [7, 11) is 0. The number of nitrogens with two attached hydrogens (primary N) is 1. The van der Waals surface area contributed by atoms with Gasteiger partial charge in [0.15, 0.2) is 0 Å². The van der Waals surface area contributed by atoms with Gasteiger partial charge in [0.2, 0.25) is 5.91 Å². The van der Waals surface area contributed by atoms with Gasteiger partial charge in [-0.1, -0.05) is 12.8 Å². The number of carbonyl (C=O) groups is 1. The molecule has 19 heavy (non-hydrogen) atoms. The van der Waals surface area contributed by atoms with Crippen molar-refractivity contribution in [3.63, 3.8) is 0 Å². The third-order valence-corrected chi connectivity index (χ3v) is 4.06. The van der Waals surface area contributed by atoms with Crippen molar-refractivity contribution < 1.29 is 4.79 Å². The number of hydrogen-bond acceptors (Lipinski definition) is 2. The van der Waals surface area contributed by atoms with E-state index < -0.39 is 0 Å². The van der Waals surface area contributed by atoms with Crippen LogP contribution in [0.5, 0.6) is 0 Å². The number of unbranched alkanes of at least 4 members (excludes halogenated alkanes) is 3. The number of amides is 1. The van der Waals surface area contributed by atoms with E-state index in [1.165, 1.54) is 0 Å². The maximum Gasteiger partial charge on any atom is 0.224 e. The molecule has 0 radical (unpaired) electrons. The van der Waals surface area contributed by atoms with E-state index in [0.29, 0.717) is 6.42 Å². The summed E-state index contributed by atoms with van der Waals surface area (Å²) in [5.41, 5.74) is 7.37. The van der Waals surface area contributed by atoms with Crippen molar-refractivity contribution in [1.82, 2.24) is 0 Å². The number of nitrogens with one attached hydrogen (secondary N) is 1. The molecule has 0 spiro atoms. The number of benzene rings is 1. The van der Waals surface area contributed by atoms with Gasteiger partial charge >= 0.3 is 0 Å². The fraction of sp³-hybridized carbons (Fsp3) is 0.500. The molecule has 1 aromatic carbocycles. The molecule has 0 fully saturated rings. The monoisotopic (exact) mass is 390 g/mol. The Morgan fingerprint density at radius 1 is 1.16 bits per heavy atom. The minimum absolute atomic E-state index is 0.0537. The fourth-order valence-electron chi connectivity index (χ4n) is 1.80. The van der Waals surface area contributed by atoms with E-state index in [-0.39, 0.29) is 5.91 Å². The predicted molar refractivity (Wildman–Crippen MR) is 87.3 cm³/mol. The minimum Gasteiger partial charge on any atom is -0.330 e. The molecule has 1 amide bonds. The van der Waals surface area contributed by atoms with Crippen LogP contribution in [0.15, 0.2) is 21.1 Å². The number of anilines is 1. The first kappa shape index (κ1) is 16.7. The van der Waals surface area contributed by atoms with Gasteiger partial charge in [0.25, 0.3) is 0 Å². The Kier molecular flexibility index (Phi) is 7.64. The second-order valence-electron chi connectivity index (χ2n) is 4.60. The molecule has 0 aliphatic carbocycles. The first-order valence-corrected chi connectivity index (χ1v) is 8.08. The first-order valence-electron chi connectivity index (χ1n) is 6.50. The number of halogens is 2. The highest BCUT2D eigenvalue weighted by molar-refractivity contribution is 9.11. The second kappa shape index (κ2) is 8.72. The number of carbonyl (C=O) groups excluding carboxylic acids is 1. The fourth-order valence-corrected chi connectivity index (χ4v) is 3.42. The topological polar surface area (TPSA) is 55.1 Å². The molecule has 0 saturated heterocycles. The van der Waals surface area contributed by atoms with Gasteiger partial charge in [0.1, 0.15) is 0 Å². The molecule has 1 rings (SSSR count). The highest BCUT2D eigenvalue weighted by atomic mass is 79.9. The molecule has 1 aromatic rings. The molecule has 0 bridgehead atoms. The number of hydrogen-bond donors (Lipinski definition) is 2. The molecule has 0 aliphatic rings. The Balaban J connectivity index is 2.44. The van der Waals surface area contributed by atoms with E-state index in [0.717, 1.165) is 52.4 Å². The zero-order valence-corrected chi connectivity index (χ0v) is 14.3. The van der Waals surface area contributed by atoms with Crippen molar-refractivity contribution in [2.75, 3.05) is 11.9 Å². The smallest absolute Gasteiger partial charge is 0.224 e. The summed E-state index contributed by atoms with van der Waals surface area (Å²) >= 11 is 6.94. The molecule has 0 atom stereocenters. The highest BCUT2D eigenvalue weighted by Crippen LogP contribution is 2.32. The Hall–Kier alpha value is -0.390. The lowest BCUT2D eigenvalue weighted by Crippen LogP contribution is -2.12. The average Bonchev–Trinajstić information content (AvgIpc) is 2.33. The van der Waals surface area contributed by atoms with Crippen LogP contribution in [0.1, 0.15) is 37.7 Å². The Bertz CT molecular complexity index is 412. The lowest BCUT2D eigenvalue weighted by atomic mass is 10.1. The Labute approximate surface area is 131 Å². The largest absolute Gasteiger partial charge is 0.330 e. The number of rotatable bonds is 7. The summed E-state index contributed by atoms with van der Waals surface area (Å²) < 4.78 is 1.80. The third-order valence-electron chi connectivity index (χ3n) is 2.81. The van der Waals surface area contributed by atoms with Gasteiger partial charge in [-0.2, -0.15) is 0 Å².